The van der Waals surface area contributed by atoms with Crippen LogP contribution in [0.5, 0.6) is 0 Å². The predicted octanol–water partition coefficient (Wildman–Crippen LogP) is 2.33. The summed E-state index contributed by atoms with van der Waals surface area (Å²) >= 11 is 0. The number of nitro benzene ring substituents is 1. The monoisotopic (exact) mass is 266 g/mol. The SMILES string of the molecule is CC(C)(C)OC(=O)C[C@H](N)c1ccc([N+](=O)[O-])cc1. The predicted molar refractivity (Wildman–Crippen MR) is 70.5 cm³/mol. The quantitative estimate of drug-likeness (QED) is 0.512. The smallest absolute Gasteiger partial charge is 0.308 e. The van der Waals surface area contributed by atoms with Gasteiger partial charge in [0.25, 0.3) is 5.69 Å². The van der Waals surface area contributed by atoms with Crippen LogP contribution in [0.1, 0.15) is 38.8 Å². The lowest BCUT2D eigenvalue weighted by molar-refractivity contribution is -0.384. The van der Waals surface area contributed by atoms with Crippen LogP contribution in [0.3, 0.4) is 0 Å². The van der Waals surface area contributed by atoms with Crippen LogP contribution in [-0.2, 0) is 9.53 Å². The van der Waals surface area contributed by atoms with Gasteiger partial charge in [-0.15, -0.1) is 0 Å². The number of hydrogen-bond donors (Lipinski definition) is 1. The third-order valence-corrected chi connectivity index (χ3v) is 2.34. The Labute approximate surface area is 111 Å². The molecule has 0 heterocycles. The molecule has 0 spiro atoms. The average Bonchev–Trinajstić information content (AvgIpc) is 2.26. The van der Waals surface area contributed by atoms with Crippen molar-refractivity contribution in [3.63, 3.8) is 0 Å². The fourth-order valence-electron chi connectivity index (χ4n) is 1.52. The van der Waals surface area contributed by atoms with Crippen molar-refractivity contribution < 1.29 is 14.5 Å². The first-order valence-corrected chi connectivity index (χ1v) is 5.91. The summed E-state index contributed by atoms with van der Waals surface area (Å²) in [6.45, 7) is 5.34. The summed E-state index contributed by atoms with van der Waals surface area (Å²) in [4.78, 5) is 21.6. The van der Waals surface area contributed by atoms with E-state index in [0.717, 1.165) is 0 Å². The molecule has 0 bridgehead atoms. The van der Waals surface area contributed by atoms with Crippen LogP contribution in [0.25, 0.3) is 0 Å². The molecule has 6 nitrogen and oxygen atoms in total. The number of carbonyl (C=O) groups excluding carboxylic acids is 1. The zero-order valence-corrected chi connectivity index (χ0v) is 11.3. The molecule has 0 fully saturated rings. The number of nitrogens with two attached hydrogens (primary N) is 1. The Morgan fingerprint density at radius 1 is 1.37 bits per heavy atom. The third kappa shape index (κ3) is 5.05. The van der Waals surface area contributed by atoms with Crippen LogP contribution >= 0.6 is 0 Å². The Hall–Kier alpha value is -1.95. The number of carbonyl (C=O) groups is 1. The largest absolute Gasteiger partial charge is 0.460 e. The zero-order valence-electron chi connectivity index (χ0n) is 11.3. The van der Waals surface area contributed by atoms with Gasteiger partial charge in [0.1, 0.15) is 5.60 Å². The van der Waals surface area contributed by atoms with Crippen molar-refractivity contribution in [1.82, 2.24) is 0 Å². The first-order valence-electron chi connectivity index (χ1n) is 5.91. The maximum atomic E-state index is 11.6. The Morgan fingerprint density at radius 3 is 2.32 bits per heavy atom. The van der Waals surface area contributed by atoms with Gasteiger partial charge in [-0.2, -0.15) is 0 Å². The van der Waals surface area contributed by atoms with Crippen molar-refractivity contribution in [2.45, 2.75) is 38.8 Å². The molecule has 0 saturated carbocycles. The molecule has 2 N–H and O–H groups in total. The molecule has 0 aliphatic heterocycles. The van der Waals surface area contributed by atoms with Crippen LogP contribution in [0, 0.1) is 10.1 Å². The van der Waals surface area contributed by atoms with Crippen LogP contribution < -0.4 is 5.73 Å². The number of nitro groups is 1. The van der Waals surface area contributed by atoms with E-state index in [1.807, 2.05) is 0 Å². The van der Waals surface area contributed by atoms with E-state index in [1.165, 1.54) is 12.1 Å². The summed E-state index contributed by atoms with van der Waals surface area (Å²) in [5.74, 6) is -0.390. The van der Waals surface area contributed by atoms with Crippen LogP contribution in [0.2, 0.25) is 0 Å². The van der Waals surface area contributed by atoms with Crippen molar-refractivity contribution in [3.8, 4) is 0 Å². The molecule has 0 radical (unpaired) electrons. The van der Waals surface area contributed by atoms with E-state index in [1.54, 1.807) is 32.9 Å². The van der Waals surface area contributed by atoms with E-state index >= 15 is 0 Å². The van der Waals surface area contributed by atoms with Crippen molar-refractivity contribution in [2.24, 2.45) is 5.73 Å². The van der Waals surface area contributed by atoms with Gasteiger partial charge in [-0.25, -0.2) is 0 Å². The highest BCUT2D eigenvalue weighted by Crippen LogP contribution is 2.20. The number of esters is 1. The van der Waals surface area contributed by atoms with Crippen LogP contribution in [0.4, 0.5) is 5.69 Å². The lowest BCUT2D eigenvalue weighted by Crippen LogP contribution is -2.26. The lowest BCUT2D eigenvalue weighted by Gasteiger charge is -2.21. The fourth-order valence-corrected chi connectivity index (χ4v) is 1.52. The molecule has 1 rings (SSSR count). The van der Waals surface area contributed by atoms with E-state index in [4.69, 9.17) is 10.5 Å². The third-order valence-electron chi connectivity index (χ3n) is 2.34. The standard InChI is InChI=1S/C13H18N2O4/c1-13(2,3)19-12(16)8-11(14)9-4-6-10(7-5-9)15(17)18/h4-7,11H,8,14H2,1-3H3/t11-/m0/s1. The number of nitrogens with zero attached hydrogens (tertiary/aromatic N) is 1. The first-order chi connectivity index (χ1) is 8.69. The Kier molecular flexibility index (Phi) is 4.61. The Balaban J connectivity index is 2.65. The van der Waals surface area contributed by atoms with Gasteiger partial charge < -0.3 is 10.5 Å². The molecule has 0 amide bonds. The molecular formula is C13H18N2O4. The van der Waals surface area contributed by atoms with E-state index < -0.39 is 22.5 Å². The fraction of sp³-hybridized carbons (Fsp3) is 0.462. The van der Waals surface area contributed by atoms with Gasteiger partial charge in [0.2, 0.25) is 0 Å². The Morgan fingerprint density at radius 2 is 1.89 bits per heavy atom. The van der Waals surface area contributed by atoms with Gasteiger partial charge >= 0.3 is 5.97 Å². The summed E-state index contributed by atoms with van der Waals surface area (Å²) in [6, 6.07) is 5.30. The second kappa shape index (κ2) is 5.79. The number of non-ortho nitro benzene ring substituents is 1. The summed E-state index contributed by atoms with van der Waals surface area (Å²) in [7, 11) is 0. The topological polar surface area (TPSA) is 95.5 Å². The summed E-state index contributed by atoms with van der Waals surface area (Å²) in [5, 5.41) is 10.5. The number of rotatable bonds is 4. The van der Waals surface area contributed by atoms with E-state index in [9.17, 15) is 14.9 Å². The normalized spacial score (nSPS) is 12.8. The minimum absolute atomic E-state index is 0.00628. The lowest BCUT2D eigenvalue weighted by atomic mass is 10.0. The van der Waals surface area contributed by atoms with Gasteiger partial charge in [0, 0.05) is 18.2 Å². The molecule has 0 aromatic heterocycles. The van der Waals surface area contributed by atoms with E-state index in [0.29, 0.717) is 5.56 Å². The summed E-state index contributed by atoms with van der Waals surface area (Å²) < 4.78 is 5.16. The highest BCUT2D eigenvalue weighted by atomic mass is 16.6. The molecule has 0 saturated heterocycles. The molecule has 104 valence electrons. The highest BCUT2D eigenvalue weighted by molar-refractivity contribution is 5.71. The van der Waals surface area contributed by atoms with Crippen molar-refractivity contribution >= 4 is 11.7 Å². The van der Waals surface area contributed by atoms with Gasteiger partial charge in [0.05, 0.1) is 11.3 Å². The van der Waals surface area contributed by atoms with Gasteiger partial charge in [0.15, 0.2) is 0 Å². The second-order valence-electron chi connectivity index (χ2n) is 5.25. The molecule has 6 heteroatoms. The molecule has 0 aliphatic carbocycles. The average molecular weight is 266 g/mol. The summed E-state index contributed by atoms with van der Waals surface area (Å²) in [6.07, 6.45) is 0.0368. The first kappa shape index (κ1) is 15.1. The van der Waals surface area contributed by atoms with Gasteiger partial charge in [-0.1, -0.05) is 12.1 Å². The van der Waals surface area contributed by atoms with Crippen LogP contribution in [-0.4, -0.2) is 16.5 Å². The van der Waals surface area contributed by atoms with E-state index in [2.05, 4.69) is 0 Å². The molecule has 19 heavy (non-hydrogen) atoms. The van der Waals surface area contributed by atoms with Gasteiger partial charge in [-0.05, 0) is 26.3 Å². The van der Waals surface area contributed by atoms with Crippen LogP contribution in [0.15, 0.2) is 24.3 Å². The van der Waals surface area contributed by atoms with Gasteiger partial charge in [-0.3, -0.25) is 14.9 Å². The molecule has 1 aromatic rings. The Bertz CT molecular complexity index is 463. The molecule has 0 unspecified atom stereocenters. The number of ether oxygens (including phenoxy) is 1. The van der Waals surface area contributed by atoms with Crippen molar-refractivity contribution in [1.29, 1.82) is 0 Å². The molecule has 1 aromatic carbocycles. The summed E-state index contributed by atoms with van der Waals surface area (Å²) in [5.41, 5.74) is 5.98. The maximum absolute atomic E-state index is 11.6. The molecular weight excluding hydrogens is 248 g/mol. The molecule has 1 atom stereocenters. The number of benzene rings is 1. The second-order valence-corrected chi connectivity index (χ2v) is 5.25. The number of hydrogen-bond acceptors (Lipinski definition) is 5. The highest BCUT2D eigenvalue weighted by Gasteiger charge is 2.19. The van der Waals surface area contributed by atoms with Crippen molar-refractivity contribution in [2.75, 3.05) is 0 Å². The van der Waals surface area contributed by atoms with Crippen molar-refractivity contribution in [3.05, 3.63) is 39.9 Å². The maximum Gasteiger partial charge on any atom is 0.308 e. The zero-order chi connectivity index (χ0) is 14.6. The minimum atomic E-state index is -0.549. The van der Waals surface area contributed by atoms with E-state index in [-0.39, 0.29) is 12.1 Å². The minimum Gasteiger partial charge on any atom is -0.460 e. The molecule has 0 aliphatic rings.